The first-order valence-corrected chi connectivity index (χ1v) is 4.14. The molecule has 0 fully saturated rings. The van der Waals surface area contributed by atoms with E-state index in [9.17, 15) is 4.79 Å². The molecule has 2 aromatic rings. The van der Waals surface area contributed by atoms with E-state index in [1.807, 2.05) is 6.07 Å². The molecule has 0 aromatic carbocycles. The van der Waals surface area contributed by atoms with Gasteiger partial charge in [0.25, 0.3) is 5.89 Å². The van der Waals surface area contributed by atoms with Crippen molar-refractivity contribution in [2.75, 3.05) is 0 Å². The van der Waals surface area contributed by atoms with Crippen LogP contribution in [0.25, 0.3) is 11.6 Å². The highest BCUT2D eigenvalue weighted by molar-refractivity contribution is 5.82. The number of pyridine rings is 1. The Morgan fingerprint density at radius 3 is 2.75 bits per heavy atom. The molecule has 0 saturated carbocycles. The van der Waals surface area contributed by atoms with Crippen molar-refractivity contribution in [2.45, 2.75) is 0 Å². The molecule has 2 rings (SSSR count). The molecule has 0 unspecified atom stereocenters. The number of aromatic carboxylic acids is 1. The number of carbonyl (C=O) groups is 1. The van der Waals surface area contributed by atoms with Crippen molar-refractivity contribution in [3.8, 4) is 17.7 Å². The summed E-state index contributed by atoms with van der Waals surface area (Å²) in [6, 6.07) is 4.92. The molecule has 0 radical (unpaired) electrons. The molecule has 0 spiro atoms. The maximum atomic E-state index is 10.5. The summed E-state index contributed by atoms with van der Waals surface area (Å²) >= 11 is 0. The lowest BCUT2D eigenvalue weighted by Crippen LogP contribution is -1.95. The van der Waals surface area contributed by atoms with Crippen LogP contribution in [0.2, 0.25) is 0 Å². The van der Waals surface area contributed by atoms with E-state index < -0.39 is 11.9 Å². The first-order chi connectivity index (χ1) is 7.70. The van der Waals surface area contributed by atoms with Crippen LogP contribution in [0.1, 0.15) is 16.2 Å². The van der Waals surface area contributed by atoms with Gasteiger partial charge in [-0.1, -0.05) is 0 Å². The van der Waals surface area contributed by atoms with Crippen LogP contribution in [-0.2, 0) is 0 Å². The summed E-state index contributed by atoms with van der Waals surface area (Å²) < 4.78 is 4.84. The molecule has 2 aromatic heterocycles. The highest BCUT2D eigenvalue weighted by Gasteiger charge is 2.14. The third kappa shape index (κ3) is 1.72. The van der Waals surface area contributed by atoms with Gasteiger partial charge in [0.05, 0.1) is 5.56 Å². The van der Waals surface area contributed by atoms with Gasteiger partial charge >= 0.3 is 11.9 Å². The summed E-state index contributed by atoms with van der Waals surface area (Å²) in [5.41, 5.74) is 0.709. The van der Waals surface area contributed by atoms with E-state index in [1.54, 1.807) is 0 Å². The van der Waals surface area contributed by atoms with E-state index in [0.29, 0.717) is 11.3 Å². The molecule has 0 atom stereocenters. The third-order valence-corrected chi connectivity index (χ3v) is 1.72. The van der Waals surface area contributed by atoms with Gasteiger partial charge in [-0.2, -0.15) is 5.26 Å². The fraction of sp³-hybridized carbons (Fsp3) is 0. The van der Waals surface area contributed by atoms with Crippen molar-refractivity contribution >= 4 is 5.97 Å². The van der Waals surface area contributed by atoms with Crippen molar-refractivity contribution in [1.29, 1.82) is 5.26 Å². The second-order valence-corrected chi connectivity index (χ2v) is 2.76. The van der Waals surface area contributed by atoms with E-state index in [0.717, 1.165) is 0 Å². The Balaban J connectivity index is 2.36. The molecule has 7 nitrogen and oxygen atoms in total. The SMILES string of the molecule is N#Cc1ccc(-c2nnc(C(=O)O)o2)nc1. The van der Waals surface area contributed by atoms with Gasteiger partial charge in [0.15, 0.2) is 0 Å². The van der Waals surface area contributed by atoms with Gasteiger partial charge < -0.3 is 9.52 Å². The number of rotatable bonds is 2. The summed E-state index contributed by atoms with van der Waals surface area (Å²) in [6.45, 7) is 0. The van der Waals surface area contributed by atoms with E-state index >= 15 is 0 Å². The Kier molecular flexibility index (Phi) is 2.31. The number of hydrogen-bond donors (Lipinski definition) is 1. The van der Waals surface area contributed by atoms with Gasteiger partial charge in [-0.25, -0.2) is 9.78 Å². The zero-order chi connectivity index (χ0) is 11.5. The first kappa shape index (κ1) is 9.79. The van der Waals surface area contributed by atoms with Crippen LogP contribution in [0.4, 0.5) is 0 Å². The molecule has 1 N–H and O–H groups in total. The monoisotopic (exact) mass is 216 g/mol. The predicted molar refractivity (Wildman–Crippen MR) is 49.2 cm³/mol. The molecule has 0 aliphatic rings. The summed E-state index contributed by atoms with van der Waals surface area (Å²) in [5, 5.41) is 24.0. The standard InChI is InChI=1S/C9H4N4O3/c10-3-5-1-2-6(11-4-5)7-12-13-8(16-7)9(14)15/h1-2,4H,(H,14,15). The lowest BCUT2D eigenvalue weighted by molar-refractivity contribution is 0.0654. The van der Waals surface area contributed by atoms with E-state index in [2.05, 4.69) is 15.2 Å². The largest absolute Gasteiger partial charge is 0.474 e. The number of carboxylic acid groups (broad SMARTS) is 1. The minimum atomic E-state index is -1.30. The molecule has 7 heteroatoms. The smallest absolute Gasteiger partial charge is 0.393 e. The van der Waals surface area contributed by atoms with Crippen LogP contribution in [-0.4, -0.2) is 26.3 Å². The fourth-order valence-corrected chi connectivity index (χ4v) is 1.000. The second-order valence-electron chi connectivity index (χ2n) is 2.76. The molecule has 0 amide bonds. The van der Waals surface area contributed by atoms with Gasteiger partial charge in [-0.05, 0) is 12.1 Å². The minimum absolute atomic E-state index is 0.00175. The van der Waals surface area contributed by atoms with Crippen molar-refractivity contribution in [2.24, 2.45) is 0 Å². The molecule has 2 heterocycles. The van der Waals surface area contributed by atoms with Crippen LogP contribution >= 0.6 is 0 Å². The summed E-state index contributed by atoms with van der Waals surface area (Å²) in [5.74, 6) is -1.80. The summed E-state index contributed by atoms with van der Waals surface area (Å²) in [4.78, 5) is 14.4. The zero-order valence-electron chi connectivity index (χ0n) is 7.78. The Morgan fingerprint density at radius 1 is 1.44 bits per heavy atom. The predicted octanol–water partition coefficient (Wildman–Crippen LogP) is 0.701. The number of aromatic nitrogens is 3. The maximum absolute atomic E-state index is 10.5. The highest BCUT2D eigenvalue weighted by atomic mass is 16.4. The summed E-state index contributed by atoms with van der Waals surface area (Å²) in [6.07, 6.45) is 1.33. The van der Waals surface area contributed by atoms with Gasteiger partial charge in [0, 0.05) is 6.20 Å². The fourth-order valence-electron chi connectivity index (χ4n) is 1.000. The normalized spacial score (nSPS) is 9.69. The van der Waals surface area contributed by atoms with Crippen molar-refractivity contribution in [3.05, 3.63) is 29.8 Å². The lowest BCUT2D eigenvalue weighted by atomic mass is 10.3. The van der Waals surface area contributed by atoms with Crippen molar-refractivity contribution in [1.82, 2.24) is 15.2 Å². The molecule has 16 heavy (non-hydrogen) atoms. The van der Waals surface area contributed by atoms with Crippen molar-refractivity contribution in [3.63, 3.8) is 0 Å². The van der Waals surface area contributed by atoms with E-state index in [1.165, 1.54) is 18.3 Å². The molecule has 0 bridgehead atoms. The number of carboxylic acids is 1. The number of nitrogens with zero attached hydrogens (tertiary/aromatic N) is 4. The zero-order valence-corrected chi connectivity index (χ0v) is 7.78. The maximum Gasteiger partial charge on any atom is 0.393 e. The third-order valence-electron chi connectivity index (χ3n) is 1.72. The minimum Gasteiger partial charge on any atom is -0.474 e. The highest BCUT2D eigenvalue weighted by Crippen LogP contribution is 2.14. The Bertz CT molecular complexity index is 567. The van der Waals surface area contributed by atoms with Gasteiger partial charge in [-0.15, -0.1) is 10.2 Å². The topological polar surface area (TPSA) is 113 Å². The van der Waals surface area contributed by atoms with E-state index in [4.69, 9.17) is 14.8 Å². The van der Waals surface area contributed by atoms with E-state index in [-0.39, 0.29) is 5.89 Å². The Morgan fingerprint density at radius 2 is 2.25 bits per heavy atom. The van der Waals surface area contributed by atoms with Crippen LogP contribution in [0.3, 0.4) is 0 Å². The van der Waals surface area contributed by atoms with Crippen LogP contribution in [0, 0.1) is 11.3 Å². The van der Waals surface area contributed by atoms with Gasteiger partial charge in [0.1, 0.15) is 11.8 Å². The van der Waals surface area contributed by atoms with Crippen LogP contribution < -0.4 is 0 Å². The first-order valence-electron chi connectivity index (χ1n) is 4.14. The molecule has 0 aliphatic carbocycles. The molecule has 0 aliphatic heterocycles. The van der Waals surface area contributed by atoms with Gasteiger partial charge in [-0.3, -0.25) is 0 Å². The van der Waals surface area contributed by atoms with Crippen molar-refractivity contribution < 1.29 is 14.3 Å². The molecule has 0 saturated heterocycles. The summed E-state index contributed by atoms with van der Waals surface area (Å²) in [7, 11) is 0. The lowest BCUT2D eigenvalue weighted by Gasteiger charge is -1.92. The van der Waals surface area contributed by atoms with Crippen LogP contribution in [0.15, 0.2) is 22.7 Å². The number of nitriles is 1. The average Bonchev–Trinajstić information content (AvgIpc) is 2.78. The number of hydrogen-bond acceptors (Lipinski definition) is 6. The molecular weight excluding hydrogens is 212 g/mol. The Hall–Kier alpha value is -2.75. The quantitative estimate of drug-likeness (QED) is 0.785. The average molecular weight is 216 g/mol. The van der Waals surface area contributed by atoms with Gasteiger partial charge in [0.2, 0.25) is 0 Å². The van der Waals surface area contributed by atoms with Crippen LogP contribution in [0.5, 0.6) is 0 Å². The molecule has 78 valence electrons. The Labute approximate surface area is 89.0 Å². The molecular formula is C9H4N4O3. The second kappa shape index (κ2) is 3.78.